The number of hydrogen-bond donors (Lipinski definition) is 0. The molecule has 2 rings (SSSR count). The number of benzene rings is 1. The predicted octanol–water partition coefficient (Wildman–Crippen LogP) is 3.53. The zero-order valence-electron chi connectivity index (χ0n) is 12.8. The second-order valence-corrected chi connectivity index (χ2v) is 5.77. The quantitative estimate of drug-likeness (QED) is 0.770. The van der Waals surface area contributed by atoms with E-state index in [1.54, 1.807) is 6.92 Å². The van der Waals surface area contributed by atoms with Crippen molar-refractivity contribution in [3.8, 4) is 5.75 Å². The molecule has 2 atom stereocenters. The van der Waals surface area contributed by atoms with E-state index in [1.165, 1.54) is 19.3 Å². The van der Waals surface area contributed by atoms with Gasteiger partial charge in [0.2, 0.25) is 0 Å². The van der Waals surface area contributed by atoms with Crippen molar-refractivity contribution in [3.05, 3.63) is 29.8 Å². The van der Waals surface area contributed by atoms with E-state index in [2.05, 4.69) is 18.7 Å². The SMILES string of the molecule is CC(=O)c1ccccc1OCCN1C(C)CCCC1C. The van der Waals surface area contributed by atoms with Gasteiger partial charge in [-0.1, -0.05) is 18.6 Å². The molecule has 2 unspecified atom stereocenters. The first-order valence-corrected chi connectivity index (χ1v) is 7.58. The molecule has 1 heterocycles. The lowest BCUT2D eigenvalue weighted by Gasteiger charge is -2.38. The summed E-state index contributed by atoms with van der Waals surface area (Å²) in [6.45, 7) is 7.73. The van der Waals surface area contributed by atoms with Gasteiger partial charge in [-0.15, -0.1) is 0 Å². The number of ether oxygens (including phenoxy) is 1. The highest BCUT2D eigenvalue weighted by Crippen LogP contribution is 2.23. The van der Waals surface area contributed by atoms with Crippen molar-refractivity contribution in [3.63, 3.8) is 0 Å². The van der Waals surface area contributed by atoms with E-state index in [4.69, 9.17) is 4.74 Å². The fourth-order valence-corrected chi connectivity index (χ4v) is 3.06. The Hall–Kier alpha value is -1.35. The van der Waals surface area contributed by atoms with E-state index >= 15 is 0 Å². The topological polar surface area (TPSA) is 29.5 Å². The smallest absolute Gasteiger partial charge is 0.163 e. The first-order chi connectivity index (χ1) is 9.59. The summed E-state index contributed by atoms with van der Waals surface area (Å²) in [7, 11) is 0. The van der Waals surface area contributed by atoms with E-state index in [-0.39, 0.29) is 5.78 Å². The van der Waals surface area contributed by atoms with Crippen LogP contribution in [-0.2, 0) is 0 Å². The Morgan fingerprint density at radius 1 is 1.25 bits per heavy atom. The van der Waals surface area contributed by atoms with E-state index in [0.29, 0.717) is 30.0 Å². The molecule has 0 aliphatic carbocycles. The predicted molar refractivity (Wildman–Crippen MR) is 81.4 cm³/mol. The van der Waals surface area contributed by atoms with Gasteiger partial charge in [-0.2, -0.15) is 0 Å². The Balaban J connectivity index is 1.91. The molecule has 1 fully saturated rings. The summed E-state index contributed by atoms with van der Waals surface area (Å²) in [5.41, 5.74) is 0.673. The summed E-state index contributed by atoms with van der Waals surface area (Å²) in [6.07, 6.45) is 3.87. The number of likely N-dealkylation sites (tertiary alicyclic amines) is 1. The summed E-state index contributed by atoms with van der Waals surface area (Å²) in [5.74, 6) is 0.762. The van der Waals surface area contributed by atoms with E-state index in [0.717, 1.165) is 6.54 Å². The Labute approximate surface area is 121 Å². The highest BCUT2D eigenvalue weighted by atomic mass is 16.5. The number of rotatable bonds is 5. The van der Waals surface area contributed by atoms with Gasteiger partial charge in [0, 0.05) is 18.6 Å². The lowest BCUT2D eigenvalue weighted by molar-refractivity contribution is 0.0844. The van der Waals surface area contributed by atoms with E-state index in [1.807, 2.05) is 24.3 Å². The largest absolute Gasteiger partial charge is 0.491 e. The van der Waals surface area contributed by atoms with Gasteiger partial charge in [0.1, 0.15) is 12.4 Å². The molecule has 1 aromatic rings. The molecule has 110 valence electrons. The molecule has 1 aliphatic heterocycles. The fraction of sp³-hybridized carbons (Fsp3) is 0.588. The molecule has 3 heteroatoms. The van der Waals surface area contributed by atoms with Gasteiger partial charge in [-0.25, -0.2) is 0 Å². The van der Waals surface area contributed by atoms with Crippen LogP contribution in [0.25, 0.3) is 0 Å². The molecule has 0 saturated carbocycles. The van der Waals surface area contributed by atoms with Crippen molar-refractivity contribution in [1.82, 2.24) is 4.90 Å². The van der Waals surface area contributed by atoms with Crippen molar-refractivity contribution in [2.24, 2.45) is 0 Å². The number of hydrogen-bond acceptors (Lipinski definition) is 3. The minimum absolute atomic E-state index is 0.0558. The lowest BCUT2D eigenvalue weighted by Crippen LogP contribution is -2.45. The van der Waals surface area contributed by atoms with Crippen LogP contribution in [0, 0.1) is 0 Å². The van der Waals surface area contributed by atoms with Gasteiger partial charge in [0.05, 0.1) is 5.56 Å². The molecule has 0 bridgehead atoms. The van der Waals surface area contributed by atoms with Crippen LogP contribution in [0.5, 0.6) is 5.75 Å². The minimum atomic E-state index is 0.0558. The number of carbonyl (C=O) groups excluding carboxylic acids is 1. The van der Waals surface area contributed by atoms with Crippen LogP contribution in [0.2, 0.25) is 0 Å². The Bertz CT molecular complexity index is 448. The lowest BCUT2D eigenvalue weighted by atomic mass is 9.98. The Morgan fingerprint density at radius 2 is 1.90 bits per heavy atom. The number of para-hydroxylation sites is 1. The highest BCUT2D eigenvalue weighted by molar-refractivity contribution is 5.96. The molecule has 0 amide bonds. The van der Waals surface area contributed by atoms with Crippen LogP contribution in [-0.4, -0.2) is 35.9 Å². The van der Waals surface area contributed by atoms with Crippen molar-refractivity contribution in [2.45, 2.75) is 52.1 Å². The van der Waals surface area contributed by atoms with E-state index in [9.17, 15) is 4.79 Å². The molecular formula is C17H25NO2. The minimum Gasteiger partial charge on any atom is -0.491 e. The van der Waals surface area contributed by atoms with Gasteiger partial charge in [-0.05, 0) is 45.7 Å². The Kier molecular flexibility index (Phi) is 5.18. The van der Waals surface area contributed by atoms with Gasteiger partial charge >= 0.3 is 0 Å². The monoisotopic (exact) mass is 275 g/mol. The third kappa shape index (κ3) is 3.60. The summed E-state index contributed by atoms with van der Waals surface area (Å²) >= 11 is 0. The van der Waals surface area contributed by atoms with Crippen molar-refractivity contribution in [1.29, 1.82) is 0 Å². The molecule has 0 N–H and O–H groups in total. The molecular weight excluding hydrogens is 250 g/mol. The fourth-order valence-electron chi connectivity index (χ4n) is 3.06. The van der Waals surface area contributed by atoms with Gasteiger partial charge < -0.3 is 4.74 Å². The zero-order valence-corrected chi connectivity index (χ0v) is 12.8. The van der Waals surface area contributed by atoms with Crippen LogP contribution in [0.1, 0.15) is 50.4 Å². The third-order valence-corrected chi connectivity index (χ3v) is 4.25. The summed E-state index contributed by atoms with van der Waals surface area (Å²) in [6, 6.07) is 8.74. The summed E-state index contributed by atoms with van der Waals surface area (Å²) < 4.78 is 5.84. The van der Waals surface area contributed by atoms with E-state index < -0.39 is 0 Å². The molecule has 1 saturated heterocycles. The summed E-state index contributed by atoms with van der Waals surface area (Å²) in [5, 5.41) is 0. The number of Topliss-reactive ketones (excluding diaryl/α,β-unsaturated/α-hetero) is 1. The van der Waals surface area contributed by atoms with Crippen molar-refractivity contribution in [2.75, 3.05) is 13.2 Å². The zero-order chi connectivity index (χ0) is 14.5. The average Bonchev–Trinajstić information content (AvgIpc) is 2.42. The maximum absolute atomic E-state index is 11.5. The highest BCUT2D eigenvalue weighted by Gasteiger charge is 2.24. The normalized spacial score (nSPS) is 23.6. The molecule has 1 aliphatic rings. The molecule has 0 aromatic heterocycles. The van der Waals surface area contributed by atoms with Crippen molar-refractivity contribution < 1.29 is 9.53 Å². The standard InChI is InChI=1S/C17H25NO2/c1-13-7-6-8-14(2)18(13)11-12-20-17-10-5-4-9-16(17)15(3)19/h4-5,9-10,13-14H,6-8,11-12H2,1-3H3. The second kappa shape index (κ2) is 6.89. The molecule has 0 spiro atoms. The first kappa shape index (κ1) is 15.0. The van der Waals surface area contributed by atoms with Crippen LogP contribution in [0.3, 0.4) is 0 Å². The van der Waals surface area contributed by atoms with Crippen LogP contribution in [0.4, 0.5) is 0 Å². The molecule has 0 radical (unpaired) electrons. The van der Waals surface area contributed by atoms with Gasteiger partial charge in [-0.3, -0.25) is 9.69 Å². The van der Waals surface area contributed by atoms with Gasteiger partial charge in [0.15, 0.2) is 5.78 Å². The Morgan fingerprint density at radius 3 is 2.55 bits per heavy atom. The number of nitrogens with zero attached hydrogens (tertiary/aromatic N) is 1. The van der Waals surface area contributed by atoms with Crippen LogP contribution >= 0.6 is 0 Å². The number of piperidine rings is 1. The van der Waals surface area contributed by atoms with Gasteiger partial charge in [0.25, 0.3) is 0 Å². The van der Waals surface area contributed by atoms with Crippen LogP contribution < -0.4 is 4.74 Å². The molecule has 1 aromatic carbocycles. The molecule has 20 heavy (non-hydrogen) atoms. The van der Waals surface area contributed by atoms with Crippen molar-refractivity contribution >= 4 is 5.78 Å². The molecule has 3 nitrogen and oxygen atoms in total. The summed E-state index contributed by atoms with van der Waals surface area (Å²) in [4.78, 5) is 14.1. The average molecular weight is 275 g/mol. The maximum atomic E-state index is 11.5. The third-order valence-electron chi connectivity index (χ3n) is 4.25. The van der Waals surface area contributed by atoms with Crippen LogP contribution in [0.15, 0.2) is 24.3 Å². The second-order valence-electron chi connectivity index (χ2n) is 5.77. The first-order valence-electron chi connectivity index (χ1n) is 7.58. The maximum Gasteiger partial charge on any atom is 0.163 e. The number of carbonyl (C=O) groups is 1. The number of ketones is 1.